The van der Waals surface area contributed by atoms with Crippen LogP contribution in [0.3, 0.4) is 0 Å². The molecule has 0 spiro atoms. The average molecular weight is 386 g/mol. The van der Waals surface area contributed by atoms with E-state index in [1.807, 2.05) is 0 Å². The highest BCUT2D eigenvalue weighted by Crippen LogP contribution is 2.20. The summed E-state index contributed by atoms with van der Waals surface area (Å²) < 4.78 is 0. The fourth-order valence-electron chi connectivity index (χ4n) is 3.12. The Hall–Kier alpha value is -1.95. The molecule has 3 aromatic rings. The van der Waals surface area contributed by atoms with Crippen LogP contribution in [0.2, 0.25) is 0 Å². The van der Waals surface area contributed by atoms with Crippen LogP contribution in [0.5, 0.6) is 0 Å². The fourth-order valence-corrected chi connectivity index (χ4v) is 4.67. The van der Waals surface area contributed by atoms with Crippen molar-refractivity contribution in [2.75, 3.05) is 11.9 Å². The number of aryl methyl sites for hydroxylation is 2. The van der Waals surface area contributed by atoms with Gasteiger partial charge in [-0.1, -0.05) is 37.3 Å². The van der Waals surface area contributed by atoms with Gasteiger partial charge >= 0.3 is 0 Å². The van der Waals surface area contributed by atoms with Crippen LogP contribution < -0.4 is 10.2 Å². The maximum absolute atomic E-state index is 12.8. The molecule has 0 atom stereocenters. The number of hydrogen-bond acceptors (Lipinski definition) is 3. The Balaban J connectivity index is 1.70. The van der Waals surface area contributed by atoms with Gasteiger partial charge in [0.15, 0.2) is 6.54 Å². The number of hydrogen-bond donors (Lipinski definition) is 2. The standard InChI is InChI=1S/C21H24N2OS2/c1-3-17-8-4-7-16(2)21(17)22-20(24)15-23(13-18-9-5-11-25-18)14-19-10-6-12-26-19/h4-12H,3,13-15H2,1-2H3,(H,22,24)/p+1. The summed E-state index contributed by atoms with van der Waals surface area (Å²) in [6.45, 7) is 6.38. The zero-order valence-corrected chi connectivity index (χ0v) is 16.9. The van der Waals surface area contributed by atoms with Gasteiger partial charge in [-0.3, -0.25) is 4.79 Å². The van der Waals surface area contributed by atoms with E-state index in [0.29, 0.717) is 6.54 Å². The molecule has 2 aromatic heterocycles. The molecule has 0 aliphatic carbocycles. The van der Waals surface area contributed by atoms with E-state index >= 15 is 0 Å². The lowest BCUT2D eigenvalue weighted by atomic mass is 10.1. The largest absolute Gasteiger partial charge is 0.321 e. The number of para-hydroxylation sites is 1. The summed E-state index contributed by atoms with van der Waals surface area (Å²) in [7, 11) is 0. The summed E-state index contributed by atoms with van der Waals surface area (Å²) in [6, 6.07) is 14.6. The third-order valence-electron chi connectivity index (χ3n) is 4.42. The Bertz CT molecular complexity index is 790. The molecule has 2 N–H and O–H groups in total. The number of carbonyl (C=O) groups excluding carboxylic acids is 1. The summed E-state index contributed by atoms with van der Waals surface area (Å²) in [6.07, 6.45) is 0.915. The Labute approximate surface area is 163 Å². The Morgan fingerprint density at radius 3 is 2.19 bits per heavy atom. The third kappa shape index (κ3) is 5.04. The van der Waals surface area contributed by atoms with E-state index in [1.165, 1.54) is 20.2 Å². The van der Waals surface area contributed by atoms with E-state index in [0.717, 1.165) is 30.8 Å². The number of nitrogens with one attached hydrogen (secondary N) is 2. The van der Waals surface area contributed by atoms with Crippen molar-refractivity contribution in [2.24, 2.45) is 0 Å². The quantitative estimate of drug-likeness (QED) is 0.606. The first-order chi connectivity index (χ1) is 12.7. The minimum Gasteiger partial charge on any atom is -0.321 e. The van der Waals surface area contributed by atoms with Crippen LogP contribution in [-0.2, 0) is 24.3 Å². The lowest BCUT2D eigenvalue weighted by molar-refractivity contribution is -0.918. The number of quaternary nitrogens is 1. The van der Waals surface area contributed by atoms with Gasteiger partial charge in [-0.2, -0.15) is 0 Å². The molecular weight excluding hydrogens is 360 g/mol. The van der Waals surface area contributed by atoms with Crippen LogP contribution in [0.4, 0.5) is 5.69 Å². The van der Waals surface area contributed by atoms with E-state index in [2.05, 4.69) is 72.4 Å². The first kappa shape index (κ1) is 18.8. The molecule has 0 aliphatic rings. The predicted octanol–water partition coefficient (Wildman–Crippen LogP) is 3.90. The maximum atomic E-state index is 12.8. The van der Waals surface area contributed by atoms with Crippen LogP contribution in [0.15, 0.2) is 53.2 Å². The highest BCUT2D eigenvalue weighted by atomic mass is 32.1. The smallest absolute Gasteiger partial charge is 0.279 e. The number of benzene rings is 1. The van der Waals surface area contributed by atoms with Crippen LogP contribution >= 0.6 is 22.7 Å². The van der Waals surface area contributed by atoms with Crippen LogP contribution in [0.1, 0.15) is 27.8 Å². The Kier molecular flexibility index (Phi) is 6.61. The van der Waals surface area contributed by atoms with Gasteiger partial charge in [0.2, 0.25) is 0 Å². The lowest BCUT2D eigenvalue weighted by Crippen LogP contribution is -3.10. The Morgan fingerprint density at radius 2 is 1.65 bits per heavy atom. The fraction of sp³-hybridized carbons (Fsp3) is 0.286. The van der Waals surface area contributed by atoms with E-state index in [4.69, 9.17) is 0 Å². The summed E-state index contributed by atoms with van der Waals surface area (Å²) >= 11 is 3.51. The van der Waals surface area contributed by atoms with Crippen LogP contribution in [0.25, 0.3) is 0 Å². The first-order valence-electron chi connectivity index (χ1n) is 8.92. The number of anilines is 1. The number of carbonyl (C=O) groups is 1. The van der Waals surface area contributed by atoms with Gasteiger partial charge in [0.1, 0.15) is 13.1 Å². The van der Waals surface area contributed by atoms with Crippen molar-refractivity contribution in [3.8, 4) is 0 Å². The zero-order valence-electron chi connectivity index (χ0n) is 15.2. The predicted molar refractivity (Wildman–Crippen MR) is 111 cm³/mol. The maximum Gasteiger partial charge on any atom is 0.279 e. The normalized spacial score (nSPS) is 11.0. The van der Waals surface area contributed by atoms with E-state index in [-0.39, 0.29) is 5.91 Å². The van der Waals surface area contributed by atoms with Crippen molar-refractivity contribution in [3.05, 3.63) is 74.1 Å². The molecule has 0 aliphatic heterocycles. The number of thiophene rings is 2. The van der Waals surface area contributed by atoms with E-state index < -0.39 is 0 Å². The van der Waals surface area contributed by atoms with Gasteiger partial charge in [-0.25, -0.2) is 0 Å². The minimum atomic E-state index is 0.0807. The van der Waals surface area contributed by atoms with Crippen molar-refractivity contribution in [2.45, 2.75) is 33.4 Å². The van der Waals surface area contributed by atoms with Crippen molar-refractivity contribution in [1.29, 1.82) is 0 Å². The molecule has 5 heteroatoms. The lowest BCUT2D eigenvalue weighted by Gasteiger charge is -2.19. The van der Waals surface area contributed by atoms with Crippen molar-refractivity contribution in [1.82, 2.24) is 0 Å². The molecule has 136 valence electrons. The second-order valence-electron chi connectivity index (χ2n) is 6.45. The minimum absolute atomic E-state index is 0.0807. The van der Waals surface area contributed by atoms with Crippen molar-refractivity contribution in [3.63, 3.8) is 0 Å². The molecule has 1 aromatic carbocycles. The molecule has 26 heavy (non-hydrogen) atoms. The molecular formula is C21H25N2OS2+. The summed E-state index contributed by atoms with van der Waals surface area (Å²) in [5.74, 6) is 0.0807. The molecule has 0 unspecified atom stereocenters. The number of rotatable bonds is 8. The molecule has 0 radical (unpaired) electrons. The summed E-state index contributed by atoms with van der Waals surface area (Å²) in [5.41, 5.74) is 3.29. The second kappa shape index (κ2) is 9.12. The highest BCUT2D eigenvalue weighted by molar-refractivity contribution is 7.10. The highest BCUT2D eigenvalue weighted by Gasteiger charge is 2.18. The number of amides is 1. The van der Waals surface area contributed by atoms with Crippen molar-refractivity contribution >= 4 is 34.3 Å². The van der Waals surface area contributed by atoms with Crippen molar-refractivity contribution < 1.29 is 9.69 Å². The van der Waals surface area contributed by atoms with Gasteiger partial charge in [0, 0.05) is 5.69 Å². The molecule has 2 heterocycles. The van der Waals surface area contributed by atoms with Gasteiger partial charge in [0.25, 0.3) is 5.91 Å². The third-order valence-corrected chi connectivity index (χ3v) is 6.18. The van der Waals surface area contributed by atoms with Gasteiger partial charge in [0.05, 0.1) is 9.75 Å². The molecule has 0 saturated heterocycles. The van der Waals surface area contributed by atoms with Crippen LogP contribution in [0, 0.1) is 6.92 Å². The van der Waals surface area contributed by atoms with E-state index in [9.17, 15) is 4.79 Å². The molecule has 0 bridgehead atoms. The average Bonchev–Trinajstić information content (AvgIpc) is 3.30. The molecule has 1 amide bonds. The molecule has 3 rings (SSSR count). The summed E-state index contributed by atoms with van der Waals surface area (Å²) in [5, 5.41) is 7.36. The molecule has 3 nitrogen and oxygen atoms in total. The van der Waals surface area contributed by atoms with Gasteiger partial charge < -0.3 is 10.2 Å². The van der Waals surface area contributed by atoms with Crippen LogP contribution in [-0.4, -0.2) is 12.5 Å². The molecule has 0 saturated carbocycles. The summed E-state index contributed by atoms with van der Waals surface area (Å²) in [4.78, 5) is 16.7. The Morgan fingerprint density at radius 1 is 1.00 bits per heavy atom. The zero-order chi connectivity index (χ0) is 18.4. The monoisotopic (exact) mass is 385 g/mol. The van der Waals surface area contributed by atoms with Gasteiger partial charge in [-0.05, 0) is 47.4 Å². The SMILES string of the molecule is CCc1cccc(C)c1NC(=O)C[NH+](Cc1cccs1)Cc1cccs1. The second-order valence-corrected chi connectivity index (χ2v) is 8.51. The topological polar surface area (TPSA) is 33.5 Å². The first-order valence-corrected chi connectivity index (χ1v) is 10.7. The van der Waals surface area contributed by atoms with Gasteiger partial charge in [-0.15, -0.1) is 22.7 Å². The van der Waals surface area contributed by atoms with E-state index in [1.54, 1.807) is 22.7 Å². The molecule has 0 fully saturated rings.